The van der Waals surface area contributed by atoms with Gasteiger partial charge in [0.1, 0.15) is 0 Å². The van der Waals surface area contributed by atoms with E-state index in [1.54, 1.807) is 12.8 Å². The van der Waals surface area contributed by atoms with Crippen molar-refractivity contribution < 1.29 is 0 Å². The molecule has 0 spiro atoms. The largest absolute Gasteiger partial charge is 0.0651 e. The van der Waals surface area contributed by atoms with Crippen molar-refractivity contribution in [2.45, 2.75) is 85.0 Å². The smallest absolute Gasteiger partial charge is 0.0352 e. The van der Waals surface area contributed by atoms with Crippen molar-refractivity contribution >= 4 is 0 Å². The number of hydrogen-bond donors (Lipinski definition) is 0. The molecule has 0 N–H and O–H groups in total. The van der Waals surface area contributed by atoms with Crippen molar-refractivity contribution in [2.24, 2.45) is 29.6 Å². The first-order valence-corrected chi connectivity index (χ1v) is 8.76. The van der Waals surface area contributed by atoms with Gasteiger partial charge in [0.2, 0.25) is 0 Å². The van der Waals surface area contributed by atoms with Gasteiger partial charge in [-0.15, -0.1) is 0 Å². The Balaban J connectivity index is 2.11. The normalized spacial score (nSPS) is 42.5. The van der Waals surface area contributed by atoms with Crippen LogP contribution in [0, 0.1) is 29.6 Å². The van der Waals surface area contributed by atoms with Crippen molar-refractivity contribution in [3.05, 3.63) is 0 Å². The van der Waals surface area contributed by atoms with Crippen LogP contribution in [0.4, 0.5) is 0 Å². The van der Waals surface area contributed by atoms with Crippen LogP contribution in [0.2, 0.25) is 0 Å². The zero-order valence-corrected chi connectivity index (χ0v) is 13.0. The predicted molar refractivity (Wildman–Crippen MR) is 80.6 cm³/mol. The monoisotopic (exact) mass is 250 g/mol. The summed E-state index contributed by atoms with van der Waals surface area (Å²) in [5.41, 5.74) is 0. The molecule has 0 amide bonds. The highest BCUT2D eigenvalue weighted by molar-refractivity contribution is 4.87. The van der Waals surface area contributed by atoms with Gasteiger partial charge >= 0.3 is 0 Å². The lowest BCUT2D eigenvalue weighted by atomic mass is 9.63. The Bertz CT molecular complexity index is 232. The van der Waals surface area contributed by atoms with Crippen molar-refractivity contribution in [1.29, 1.82) is 0 Å². The second kappa shape index (κ2) is 6.96. The Morgan fingerprint density at radius 1 is 0.778 bits per heavy atom. The number of hydrogen-bond acceptors (Lipinski definition) is 0. The van der Waals surface area contributed by atoms with E-state index in [-0.39, 0.29) is 0 Å². The fraction of sp³-hybridized carbons (Fsp3) is 1.00. The standard InChI is InChI=1S/C18H34/c1-4-15-11-12-17-14(3)9-7-6-8-10-16(5-2)18(17)13-15/h14-18H,4-13H2,1-3H3. The third kappa shape index (κ3) is 3.31. The molecule has 0 heterocycles. The summed E-state index contributed by atoms with van der Waals surface area (Å²) in [6.07, 6.45) is 15.0. The van der Waals surface area contributed by atoms with Gasteiger partial charge in [-0.2, -0.15) is 0 Å². The minimum Gasteiger partial charge on any atom is -0.0651 e. The molecule has 2 saturated carbocycles. The van der Waals surface area contributed by atoms with E-state index < -0.39 is 0 Å². The second-order valence-corrected chi connectivity index (χ2v) is 7.20. The van der Waals surface area contributed by atoms with Crippen LogP contribution < -0.4 is 0 Å². The van der Waals surface area contributed by atoms with Gasteiger partial charge in [-0.25, -0.2) is 0 Å². The van der Waals surface area contributed by atoms with Crippen LogP contribution in [-0.4, -0.2) is 0 Å². The summed E-state index contributed by atoms with van der Waals surface area (Å²) < 4.78 is 0. The maximum absolute atomic E-state index is 2.56. The van der Waals surface area contributed by atoms with Crippen LogP contribution in [0.5, 0.6) is 0 Å². The first-order chi connectivity index (χ1) is 8.76. The van der Waals surface area contributed by atoms with Crippen LogP contribution in [0.15, 0.2) is 0 Å². The molecule has 5 atom stereocenters. The minimum atomic E-state index is 1.000. The molecule has 2 aliphatic rings. The van der Waals surface area contributed by atoms with Gasteiger partial charge in [-0.3, -0.25) is 0 Å². The maximum Gasteiger partial charge on any atom is -0.0352 e. The summed E-state index contributed by atoms with van der Waals surface area (Å²) >= 11 is 0. The van der Waals surface area contributed by atoms with Gasteiger partial charge in [0, 0.05) is 0 Å². The van der Waals surface area contributed by atoms with E-state index in [1.807, 2.05) is 0 Å². The Kier molecular flexibility index (Phi) is 5.57. The first kappa shape index (κ1) is 14.4. The summed E-state index contributed by atoms with van der Waals surface area (Å²) in [6.45, 7) is 7.41. The maximum atomic E-state index is 2.56. The molecule has 0 aromatic heterocycles. The Morgan fingerprint density at radius 2 is 1.56 bits per heavy atom. The lowest BCUT2D eigenvalue weighted by Crippen LogP contribution is -2.33. The van der Waals surface area contributed by atoms with E-state index in [0.717, 1.165) is 29.6 Å². The molecule has 0 radical (unpaired) electrons. The highest BCUT2D eigenvalue weighted by atomic mass is 14.4. The van der Waals surface area contributed by atoms with E-state index in [4.69, 9.17) is 0 Å². The summed E-state index contributed by atoms with van der Waals surface area (Å²) in [4.78, 5) is 0. The van der Waals surface area contributed by atoms with Crippen LogP contribution in [-0.2, 0) is 0 Å². The van der Waals surface area contributed by atoms with E-state index in [1.165, 1.54) is 51.4 Å². The van der Waals surface area contributed by atoms with Crippen molar-refractivity contribution in [2.75, 3.05) is 0 Å². The summed E-state index contributed by atoms with van der Waals surface area (Å²) in [6, 6.07) is 0. The molecular formula is C18H34. The van der Waals surface area contributed by atoms with E-state index in [9.17, 15) is 0 Å². The molecule has 0 aromatic carbocycles. The second-order valence-electron chi connectivity index (χ2n) is 7.20. The molecule has 2 rings (SSSR count). The van der Waals surface area contributed by atoms with Gasteiger partial charge in [-0.05, 0) is 42.4 Å². The third-order valence-electron chi connectivity index (χ3n) is 6.24. The quantitative estimate of drug-likeness (QED) is 0.559. The Labute approximate surface area is 115 Å². The molecule has 0 saturated heterocycles. The van der Waals surface area contributed by atoms with Crippen molar-refractivity contribution in [3.8, 4) is 0 Å². The van der Waals surface area contributed by atoms with Crippen LogP contribution in [0.1, 0.15) is 85.0 Å². The zero-order chi connectivity index (χ0) is 13.0. The number of rotatable bonds is 2. The highest BCUT2D eigenvalue weighted by Gasteiger charge is 2.37. The van der Waals surface area contributed by atoms with Crippen molar-refractivity contribution in [1.82, 2.24) is 0 Å². The Morgan fingerprint density at radius 3 is 2.28 bits per heavy atom. The van der Waals surface area contributed by atoms with Gasteiger partial charge in [0.25, 0.3) is 0 Å². The molecule has 0 aromatic rings. The van der Waals surface area contributed by atoms with E-state index in [2.05, 4.69) is 20.8 Å². The molecule has 18 heavy (non-hydrogen) atoms. The average molecular weight is 250 g/mol. The molecular weight excluding hydrogens is 216 g/mol. The fourth-order valence-corrected chi connectivity index (χ4v) is 4.92. The molecule has 106 valence electrons. The van der Waals surface area contributed by atoms with Crippen LogP contribution in [0.25, 0.3) is 0 Å². The summed E-state index contributed by atoms with van der Waals surface area (Å²) in [7, 11) is 0. The van der Waals surface area contributed by atoms with E-state index in [0.29, 0.717) is 0 Å². The summed E-state index contributed by atoms with van der Waals surface area (Å²) in [5.74, 6) is 5.23. The molecule has 2 aliphatic carbocycles. The van der Waals surface area contributed by atoms with Crippen LogP contribution in [0.3, 0.4) is 0 Å². The Hall–Kier alpha value is 0. The topological polar surface area (TPSA) is 0 Å². The fourth-order valence-electron chi connectivity index (χ4n) is 4.92. The highest BCUT2D eigenvalue weighted by Crippen LogP contribution is 2.47. The minimum absolute atomic E-state index is 1.000. The third-order valence-corrected chi connectivity index (χ3v) is 6.24. The predicted octanol–water partition coefficient (Wildman–Crippen LogP) is 6.06. The zero-order valence-electron chi connectivity index (χ0n) is 13.0. The SMILES string of the molecule is CCC1CCC2C(C)CCCCCC(CC)C2C1. The molecule has 0 bridgehead atoms. The van der Waals surface area contributed by atoms with Gasteiger partial charge in [0.15, 0.2) is 0 Å². The molecule has 0 aliphatic heterocycles. The molecule has 0 nitrogen and oxygen atoms in total. The molecule has 2 fully saturated rings. The number of fused-ring (bicyclic) bond motifs is 1. The average Bonchev–Trinajstić information content (AvgIpc) is 2.48. The van der Waals surface area contributed by atoms with Gasteiger partial charge < -0.3 is 0 Å². The van der Waals surface area contributed by atoms with Crippen molar-refractivity contribution in [3.63, 3.8) is 0 Å². The van der Waals surface area contributed by atoms with Gasteiger partial charge in [0.05, 0.1) is 0 Å². The molecule has 5 unspecified atom stereocenters. The lowest BCUT2D eigenvalue weighted by Gasteiger charge is -2.43. The van der Waals surface area contributed by atoms with Gasteiger partial charge in [-0.1, -0.05) is 72.1 Å². The van der Waals surface area contributed by atoms with E-state index >= 15 is 0 Å². The van der Waals surface area contributed by atoms with Crippen LogP contribution >= 0.6 is 0 Å². The summed E-state index contributed by atoms with van der Waals surface area (Å²) in [5, 5.41) is 0. The molecule has 0 heteroatoms. The first-order valence-electron chi connectivity index (χ1n) is 8.76. The lowest BCUT2D eigenvalue weighted by molar-refractivity contribution is 0.0738.